The molecule has 0 aromatic heterocycles. The van der Waals surface area contributed by atoms with Crippen LogP contribution < -0.4 is 5.32 Å². The fraction of sp³-hybridized carbons (Fsp3) is 0.778. The molecular formula is C9H19N. The molecule has 0 spiro atoms. The third kappa shape index (κ3) is 7.54. The Balaban J connectivity index is 2.88. The predicted octanol–water partition coefficient (Wildman–Crippen LogP) is 2.69. The molecule has 0 radical (unpaired) electrons. The van der Waals surface area contributed by atoms with Crippen molar-refractivity contribution < 1.29 is 0 Å². The first-order chi connectivity index (χ1) is 4.91. The third-order valence-electron chi connectivity index (χ3n) is 1.37. The summed E-state index contributed by atoms with van der Waals surface area (Å²) in [5.74, 6) is 0. The zero-order chi connectivity index (χ0) is 7.66. The molecule has 0 aromatic carbocycles. The minimum Gasteiger partial charge on any atom is -0.391 e. The van der Waals surface area contributed by atoms with Gasteiger partial charge in [0.2, 0.25) is 0 Å². The molecule has 0 unspecified atom stereocenters. The van der Waals surface area contributed by atoms with Crippen LogP contribution in [0.4, 0.5) is 0 Å². The van der Waals surface area contributed by atoms with Crippen molar-refractivity contribution in [1.82, 2.24) is 5.32 Å². The van der Waals surface area contributed by atoms with Gasteiger partial charge in [-0.05, 0) is 19.0 Å². The lowest BCUT2D eigenvalue weighted by Crippen LogP contribution is -2.05. The molecule has 0 bridgehead atoms. The van der Waals surface area contributed by atoms with Gasteiger partial charge in [-0.25, -0.2) is 0 Å². The Kier molecular flexibility index (Phi) is 8.15. The van der Waals surface area contributed by atoms with E-state index in [4.69, 9.17) is 0 Å². The molecule has 0 amide bonds. The van der Waals surface area contributed by atoms with E-state index in [-0.39, 0.29) is 0 Å². The van der Waals surface area contributed by atoms with Gasteiger partial charge < -0.3 is 5.32 Å². The average molecular weight is 141 g/mol. The van der Waals surface area contributed by atoms with Crippen LogP contribution in [0, 0.1) is 0 Å². The number of rotatable bonds is 6. The first-order valence-corrected chi connectivity index (χ1v) is 4.30. The lowest BCUT2D eigenvalue weighted by atomic mass is 10.3. The van der Waals surface area contributed by atoms with Crippen LogP contribution >= 0.6 is 0 Å². The summed E-state index contributed by atoms with van der Waals surface area (Å²) in [6.07, 6.45) is 9.24. The Hall–Kier alpha value is -0.460. The molecule has 0 saturated heterocycles. The quantitative estimate of drug-likeness (QED) is 0.561. The second-order valence-corrected chi connectivity index (χ2v) is 2.50. The highest BCUT2D eigenvalue weighted by atomic mass is 14.8. The summed E-state index contributed by atoms with van der Waals surface area (Å²) in [7, 11) is 0. The smallest absolute Gasteiger partial charge is 0.0141 e. The minimum atomic E-state index is 1.12. The highest BCUT2D eigenvalue weighted by molar-refractivity contribution is 4.78. The van der Waals surface area contributed by atoms with Gasteiger partial charge in [0, 0.05) is 6.54 Å². The maximum Gasteiger partial charge on any atom is 0.0141 e. The standard InChI is InChI=1S/C9H19N/c1-3-5-7-9-10-8-6-4-2/h7,9-10H,3-6,8H2,1-2H3/b9-7+. The van der Waals surface area contributed by atoms with E-state index in [0.29, 0.717) is 0 Å². The predicted molar refractivity (Wildman–Crippen MR) is 47.0 cm³/mol. The molecule has 60 valence electrons. The van der Waals surface area contributed by atoms with E-state index in [0.717, 1.165) is 6.54 Å². The van der Waals surface area contributed by atoms with Crippen molar-refractivity contribution in [2.45, 2.75) is 39.5 Å². The largest absolute Gasteiger partial charge is 0.391 e. The topological polar surface area (TPSA) is 12.0 Å². The normalized spacial score (nSPS) is 10.6. The molecule has 1 heteroatoms. The van der Waals surface area contributed by atoms with Gasteiger partial charge in [0.1, 0.15) is 0 Å². The van der Waals surface area contributed by atoms with E-state index < -0.39 is 0 Å². The summed E-state index contributed by atoms with van der Waals surface area (Å²) < 4.78 is 0. The van der Waals surface area contributed by atoms with Gasteiger partial charge in [-0.3, -0.25) is 0 Å². The summed E-state index contributed by atoms with van der Waals surface area (Å²) in [4.78, 5) is 0. The third-order valence-corrected chi connectivity index (χ3v) is 1.37. The van der Waals surface area contributed by atoms with E-state index in [2.05, 4.69) is 31.4 Å². The maximum absolute atomic E-state index is 3.24. The average Bonchev–Trinajstić information content (AvgIpc) is 1.97. The van der Waals surface area contributed by atoms with E-state index in [1.807, 2.05) is 0 Å². The Morgan fingerprint density at radius 2 is 2.00 bits per heavy atom. The molecule has 0 fully saturated rings. The summed E-state index contributed by atoms with van der Waals surface area (Å²) in [5, 5.41) is 3.24. The molecule has 0 aliphatic rings. The van der Waals surface area contributed by atoms with Crippen LogP contribution in [-0.4, -0.2) is 6.54 Å². The first-order valence-electron chi connectivity index (χ1n) is 4.30. The molecule has 1 nitrogen and oxygen atoms in total. The van der Waals surface area contributed by atoms with E-state index in [1.165, 1.54) is 25.7 Å². The molecule has 1 N–H and O–H groups in total. The molecular weight excluding hydrogens is 122 g/mol. The second-order valence-electron chi connectivity index (χ2n) is 2.50. The van der Waals surface area contributed by atoms with Crippen LogP contribution in [0.25, 0.3) is 0 Å². The highest BCUT2D eigenvalue weighted by Gasteiger charge is 1.77. The van der Waals surface area contributed by atoms with E-state index in [9.17, 15) is 0 Å². The molecule has 10 heavy (non-hydrogen) atoms. The van der Waals surface area contributed by atoms with Crippen LogP contribution in [0.3, 0.4) is 0 Å². The van der Waals surface area contributed by atoms with Crippen LogP contribution in [0.2, 0.25) is 0 Å². The Morgan fingerprint density at radius 1 is 1.20 bits per heavy atom. The van der Waals surface area contributed by atoms with Gasteiger partial charge in [0.15, 0.2) is 0 Å². The zero-order valence-corrected chi connectivity index (χ0v) is 7.19. The zero-order valence-electron chi connectivity index (χ0n) is 7.19. The van der Waals surface area contributed by atoms with Crippen molar-refractivity contribution in [2.24, 2.45) is 0 Å². The van der Waals surface area contributed by atoms with Crippen molar-refractivity contribution in [3.8, 4) is 0 Å². The Morgan fingerprint density at radius 3 is 2.60 bits per heavy atom. The summed E-state index contributed by atoms with van der Waals surface area (Å²) in [5.41, 5.74) is 0. The fourth-order valence-corrected chi connectivity index (χ4v) is 0.696. The SMILES string of the molecule is CCC/C=C/NCCCC. The van der Waals surface area contributed by atoms with Gasteiger partial charge >= 0.3 is 0 Å². The van der Waals surface area contributed by atoms with E-state index >= 15 is 0 Å². The van der Waals surface area contributed by atoms with Crippen molar-refractivity contribution in [3.63, 3.8) is 0 Å². The number of unbranched alkanes of at least 4 members (excludes halogenated alkanes) is 2. The van der Waals surface area contributed by atoms with Crippen molar-refractivity contribution in [3.05, 3.63) is 12.3 Å². The van der Waals surface area contributed by atoms with Crippen LogP contribution in [0.1, 0.15) is 39.5 Å². The second kappa shape index (κ2) is 8.54. The molecule has 0 aliphatic heterocycles. The molecule has 0 atom stereocenters. The van der Waals surface area contributed by atoms with Crippen LogP contribution in [0.15, 0.2) is 12.3 Å². The van der Waals surface area contributed by atoms with Gasteiger partial charge in [-0.2, -0.15) is 0 Å². The fourth-order valence-electron chi connectivity index (χ4n) is 0.696. The van der Waals surface area contributed by atoms with Crippen LogP contribution in [0.5, 0.6) is 0 Å². The lowest BCUT2D eigenvalue weighted by Gasteiger charge is -1.95. The van der Waals surface area contributed by atoms with Crippen LogP contribution in [-0.2, 0) is 0 Å². The molecule has 0 aliphatic carbocycles. The summed E-state index contributed by atoms with van der Waals surface area (Å²) >= 11 is 0. The van der Waals surface area contributed by atoms with Gasteiger partial charge in [0.25, 0.3) is 0 Å². The first kappa shape index (κ1) is 9.54. The Bertz CT molecular complexity index is 76.8. The number of hydrogen-bond acceptors (Lipinski definition) is 1. The number of hydrogen-bond donors (Lipinski definition) is 1. The highest BCUT2D eigenvalue weighted by Crippen LogP contribution is 1.87. The van der Waals surface area contributed by atoms with Crippen molar-refractivity contribution in [2.75, 3.05) is 6.54 Å². The maximum atomic E-state index is 3.24. The lowest BCUT2D eigenvalue weighted by molar-refractivity contribution is 0.732. The minimum absolute atomic E-state index is 1.12. The molecule has 0 aromatic rings. The van der Waals surface area contributed by atoms with E-state index in [1.54, 1.807) is 0 Å². The molecule has 0 heterocycles. The monoisotopic (exact) mass is 141 g/mol. The number of nitrogens with one attached hydrogen (secondary N) is 1. The molecule has 0 saturated carbocycles. The van der Waals surface area contributed by atoms with Crippen molar-refractivity contribution >= 4 is 0 Å². The summed E-state index contributed by atoms with van der Waals surface area (Å²) in [6, 6.07) is 0. The van der Waals surface area contributed by atoms with Gasteiger partial charge in [-0.15, -0.1) is 0 Å². The number of allylic oxidation sites excluding steroid dienone is 1. The van der Waals surface area contributed by atoms with Gasteiger partial charge in [-0.1, -0.05) is 32.8 Å². The summed E-state index contributed by atoms with van der Waals surface area (Å²) in [6.45, 7) is 5.52. The molecule has 0 rings (SSSR count). The van der Waals surface area contributed by atoms with Gasteiger partial charge in [0.05, 0.1) is 0 Å². The Labute approximate surface area is 64.5 Å². The van der Waals surface area contributed by atoms with Crippen molar-refractivity contribution in [1.29, 1.82) is 0 Å².